The standard InChI is InChI=1S/C12H14BrF3O2/c1-6-4-8(13)7(2)10(11(6)18-3)9(17)5-12(14,15)16/h4,9,17H,5H2,1-3H3. The Hall–Kier alpha value is -0.750. The topological polar surface area (TPSA) is 29.5 Å². The smallest absolute Gasteiger partial charge is 0.391 e. The largest absolute Gasteiger partial charge is 0.496 e. The van der Waals surface area contributed by atoms with Gasteiger partial charge >= 0.3 is 6.18 Å². The molecule has 0 fully saturated rings. The van der Waals surface area contributed by atoms with Gasteiger partial charge in [-0.1, -0.05) is 15.9 Å². The molecule has 1 rings (SSSR count). The van der Waals surface area contributed by atoms with Crippen LogP contribution in [0.3, 0.4) is 0 Å². The van der Waals surface area contributed by atoms with E-state index in [9.17, 15) is 18.3 Å². The van der Waals surface area contributed by atoms with E-state index in [2.05, 4.69) is 15.9 Å². The van der Waals surface area contributed by atoms with Gasteiger partial charge in [0, 0.05) is 10.0 Å². The first-order chi connectivity index (χ1) is 8.17. The van der Waals surface area contributed by atoms with Crippen LogP contribution in [0.5, 0.6) is 5.75 Å². The average Bonchev–Trinajstić information content (AvgIpc) is 2.20. The highest BCUT2D eigenvalue weighted by molar-refractivity contribution is 9.10. The highest BCUT2D eigenvalue weighted by Crippen LogP contribution is 2.40. The van der Waals surface area contributed by atoms with Crippen LogP contribution < -0.4 is 4.74 Å². The number of hydrogen-bond donors (Lipinski definition) is 1. The number of benzene rings is 1. The molecule has 1 aromatic carbocycles. The Labute approximate surface area is 112 Å². The minimum Gasteiger partial charge on any atom is -0.496 e. The van der Waals surface area contributed by atoms with E-state index in [-0.39, 0.29) is 5.56 Å². The fourth-order valence-corrected chi connectivity index (χ4v) is 2.43. The molecule has 0 aromatic heterocycles. The molecule has 1 aromatic rings. The van der Waals surface area contributed by atoms with Gasteiger partial charge < -0.3 is 9.84 Å². The van der Waals surface area contributed by atoms with Gasteiger partial charge in [0.1, 0.15) is 5.75 Å². The van der Waals surface area contributed by atoms with Gasteiger partial charge in [-0.3, -0.25) is 0 Å². The van der Waals surface area contributed by atoms with Gasteiger partial charge in [0.05, 0.1) is 19.6 Å². The second-order valence-electron chi connectivity index (χ2n) is 4.08. The van der Waals surface area contributed by atoms with Crippen molar-refractivity contribution in [3.63, 3.8) is 0 Å². The summed E-state index contributed by atoms with van der Waals surface area (Å²) in [5.41, 5.74) is 1.40. The Bertz CT molecular complexity index is 444. The number of rotatable bonds is 3. The maximum Gasteiger partial charge on any atom is 0.391 e. The highest BCUT2D eigenvalue weighted by atomic mass is 79.9. The van der Waals surface area contributed by atoms with Crippen molar-refractivity contribution in [2.24, 2.45) is 0 Å². The molecule has 6 heteroatoms. The van der Waals surface area contributed by atoms with E-state index in [1.807, 2.05) is 0 Å². The molecule has 0 bridgehead atoms. The van der Waals surface area contributed by atoms with E-state index in [0.29, 0.717) is 21.3 Å². The molecule has 0 saturated carbocycles. The van der Waals surface area contributed by atoms with Crippen molar-refractivity contribution < 1.29 is 23.0 Å². The molecule has 2 nitrogen and oxygen atoms in total. The Morgan fingerprint density at radius 2 is 1.94 bits per heavy atom. The van der Waals surface area contributed by atoms with E-state index < -0.39 is 18.7 Å². The van der Waals surface area contributed by atoms with E-state index in [1.165, 1.54) is 7.11 Å². The van der Waals surface area contributed by atoms with E-state index in [1.54, 1.807) is 19.9 Å². The van der Waals surface area contributed by atoms with Crippen molar-refractivity contribution in [1.82, 2.24) is 0 Å². The van der Waals surface area contributed by atoms with Gasteiger partial charge in [0.2, 0.25) is 0 Å². The summed E-state index contributed by atoms with van der Waals surface area (Å²) >= 11 is 3.26. The zero-order chi connectivity index (χ0) is 14.1. The van der Waals surface area contributed by atoms with E-state index >= 15 is 0 Å². The Morgan fingerprint density at radius 1 is 1.39 bits per heavy atom. The second-order valence-corrected chi connectivity index (χ2v) is 4.94. The van der Waals surface area contributed by atoms with Crippen molar-refractivity contribution in [3.05, 3.63) is 27.2 Å². The SMILES string of the molecule is COc1c(C)cc(Br)c(C)c1C(O)CC(F)(F)F. The van der Waals surface area contributed by atoms with Crippen LogP contribution in [-0.2, 0) is 0 Å². The molecule has 0 heterocycles. The van der Waals surface area contributed by atoms with Crippen LogP contribution in [-0.4, -0.2) is 18.4 Å². The number of aryl methyl sites for hydroxylation is 1. The third-order valence-corrected chi connectivity index (χ3v) is 3.49. The molecule has 0 aliphatic carbocycles. The zero-order valence-corrected chi connectivity index (χ0v) is 11.8. The Kier molecular flexibility index (Phi) is 4.66. The number of aliphatic hydroxyl groups is 1. The normalized spacial score (nSPS) is 13.6. The number of ether oxygens (including phenoxy) is 1. The maximum atomic E-state index is 12.3. The lowest BCUT2D eigenvalue weighted by Crippen LogP contribution is -2.15. The number of alkyl halides is 3. The molecule has 0 saturated heterocycles. The summed E-state index contributed by atoms with van der Waals surface area (Å²) in [6.45, 7) is 3.35. The van der Waals surface area contributed by atoms with Crippen LogP contribution >= 0.6 is 15.9 Å². The van der Waals surface area contributed by atoms with E-state index in [4.69, 9.17) is 4.74 Å². The van der Waals surface area contributed by atoms with Crippen LogP contribution in [0.2, 0.25) is 0 Å². The second kappa shape index (κ2) is 5.48. The molecule has 0 aliphatic heterocycles. The van der Waals surface area contributed by atoms with Crippen molar-refractivity contribution in [1.29, 1.82) is 0 Å². The molecular weight excluding hydrogens is 313 g/mol. The highest BCUT2D eigenvalue weighted by Gasteiger charge is 2.34. The minimum absolute atomic E-state index is 0.182. The lowest BCUT2D eigenvalue weighted by molar-refractivity contribution is -0.154. The number of halogens is 4. The van der Waals surface area contributed by atoms with Crippen molar-refractivity contribution in [3.8, 4) is 5.75 Å². The third-order valence-electron chi connectivity index (χ3n) is 2.67. The summed E-state index contributed by atoms with van der Waals surface area (Å²) in [5.74, 6) is 0.299. The average molecular weight is 327 g/mol. The molecule has 1 unspecified atom stereocenters. The first-order valence-corrected chi connectivity index (χ1v) is 6.05. The molecule has 1 N–H and O–H groups in total. The lowest BCUT2D eigenvalue weighted by Gasteiger charge is -2.21. The molecule has 102 valence electrons. The molecule has 1 atom stereocenters. The van der Waals surface area contributed by atoms with Crippen LogP contribution in [0.1, 0.15) is 29.2 Å². The first kappa shape index (κ1) is 15.3. The van der Waals surface area contributed by atoms with Gasteiger partial charge in [0.25, 0.3) is 0 Å². The first-order valence-electron chi connectivity index (χ1n) is 5.25. The van der Waals surface area contributed by atoms with Gasteiger partial charge in [-0.2, -0.15) is 13.2 Å². The van der Waals surface area contributed by atoms with Gasteiger partial charge in [-0.05, 0) is 31.0 Å². The minimum atomic E-state index is -4.42. The Balaban J connectivity index is 3.29. The maximum absolute atomic E-state index is 12.3. The summed E-state index contributed by atoms with van der Waals surface area (Å²) in [6, 6.07) is 1.75. The molecule has 0 amide bonds. The third kappa shape index (κ3) is 3.38. The fraction of sp³-hybridized carbons (Fsp3) is 0.500. The predicted molar refractivity (Wildman–Crippen MR) is 65.8 cm³/mol. The van der Waals surface area contributed by atoms with Crippen LogP contribution in [0.4, 0.5) is 13.2 Å². The Morgan fingerprint density at radius 3 is 2.39 bits per heavy atom. The summed E-state index contributed by atoms with van der Waals surface area (Å²) in [7, 11) is 1.37. The number of aliphatic hydroxyl groups excluding tert-OH is 1. The van der Waals surface area contributed by atoms with Gasteiger partial charge in [0.15, 0.2) is 0 Å². The van der Waals surface area contributed by atoms with Crippen LogP contribution in [0, 0.1) is 13.8 Å². The van der Waals surface area contributed by atoms with Crippen molar-refractivity contribution >= 4 is 15.9 Å². The number of hydrogen-bond acceptors (Lipinski definition) is 2. The van der Waals surface area contributed by atoms with Crippen LogP contribution in [0.15, 0.2) is 10.5 Å². The summed E-state index contributed by atoms with van der Waals surface area (Å²) in [4.78, 5) is 0. The van der Waals surface area contributed by atoms with Gasteiger partial charge in [-0.15, -0.1) is 0 Å². The predicted octanol–water partition coefficient (Wildman–Crippen LogP) is 4.06. The molecular formula is C12H14BrF3O2. The molecule has 0 radical (unpaired) electrons. The lowest BCUT2D eigenvalue weighted by atomic mass is 9.97. The summed E-state index contributed by atoms with van der Waals surface area (Å²) in [6.07, 6.45) is -7.34. The van der Waals surface area contributed by atoms with Crippen LogP contribution in [0.25, 0.3) is 0 Å². The molecule has 0 aliphatic rings. The van der Waals surface area contributed by atoms with Crippen molar-refractivity contribution in [2.75, 3.05) is 7.11 Å². The molecule has 0 spiro atoms. The zero-order valence-electron chi connectivity index (χ0n) is 10.2. The number of methoxy groups -OCH3 is 1. The summed E-state index contributed by atoms with van der Waals surface area (Å²) in [5, 5.41) is 9.78. The summed E-state index contributed by atoms with van der Waals surface area (Å²) < 4.78 is 42.8. The quantitative estimate of drug-likeness (QED) is 0.907. The monoisotopic (exact) mass is 326 g/mol. The fourth-order valence-electron chi connectivity index (χ4n) is 1.87. The molecule has 18 heavy (non-hydrogen) atoms. The van der Waals surface area contributed by atoms with Gasteiger partial charge in [-0.25, -0.2) is 0 Å². The van der Waals surface area contributed by atoms with Crippen molar-refractivity contribution in [2.45, 2.75) is 32.5 Å². The van der Waals surface area contributed by atoms with E-state index in [0.717, 1.165) is 0 Å².